The van der Waals surface area contributed by atoms with Crippen molar-refractivity contribution >= 4 is 5.65 Å². The fourth-order valence-corrected chi connectivity index (χ4v) is 1.71. The fraction of sp³-hybridized carbons (Fsp3) is 0.0833. The van der Waals surface area contributed by atoms with E-state index < -0.39 is 0 Å². The van der Waals surface area contributed by atoms with E-state index in [1.807, 2.05) is 13.0 Å². The molecule has 0 spiro atoms. The summed E-state index contributed by atoms with van der Waals surface area (Å²) >= 11 is 0. The summed E-state index contributed by atoms with van der Waals surface area (Å²) in [5.74, 6) is 0.407. The molecule has 0 atom stereocenters. The van der Waals surface area contributed by atoms with Crippen molar-refractivity contribution in [3.05, 3.63) is 48.3 Å². The van der Waals surface area contributed by atoms with Gasteiger partial charge in [0.15, 0.2) is 5.65 Å². The number of aromatic nitrogens is 4. The number of hydrogen-bond acceptors (Lipinski definition) is 3. The maximum absolute atomic E-state index is 13.1. The summed E-state index contributed by atoms with van der Waals surface area (Å²) in [5.41, 5.74) is 2.12. The molecule has 0 amide bonds. The molecular weight excluding hydrogens is 219 g/mol. The highest BCUT2D eigenvalue weighted by atomic mass is 19.1. The van der Waals surface area contributed by atoms with Gasteiger partial charge in [0, 0.05) is 11.6 Å². The van der Waals surface area contributed by atoms with Crippen LogP contribution in [0.15, 0.2) is 36.7 Å². The monoisotopic (exact) mass is 228 g/mol. The SMILES string of the molecule is Cc1nc2cc(-c3cccc(F)c3)ncn2n1. The summed E-state index contributed by atoms with van der Waals surface area (Å²) in [7, 11) is 0. The van der Waals surface area contributed by atoms with Crippen molar-refractivity contribution in [1.29, 1.82) is 0 Å². The van der Waals surface area contributed by atoms with Crippen molar-refractivity contribution in [1.82, 2.24) is 19.6 Å². The van der Waals surface area contributed by atoms with Crippen LogP contribution in [0.5, 0.6) is 0 Å². The minimum absolute atomic E-state index is 0.276. The van der Waals surface area contributed by atoms with Crippen LogP contribution in [0, 0.1) is 12.7 Å². The number of nitrogens with zero attached hydrogens (tertiary/aromatic N) is 4. The van der Waals surface area contributed by atoms with Crippen LogP contribution in [0.4, 0.5) is 4.39 Å². The van der Waals surface area contributed by atoms with Gasteiger partial charge in [-0.05, 0) is 19.1 Å². The van der Waals surface area contributed by atoms with E-state index in [0.29, 0.717) is 17.2 Å². The highest BCUT2D eigenvalue weighted by Crippen LogP contribution is 2.18. The molecule has 3 rings (SSSR count). The summed E-state index contributed by atoms with van der Waals surface area (Å²) in [4.78, 5) is 8.47. The average Bonchev–Trinajstić information content (AvgIpc) is 2.68. The summed E-state index contributed by atoms with van der Waals surface area (Å²) in [6.45, 7) is 1.81. The van der Waals surface area contributed by atoms with E-state index in [0.717, 1.165) is 5.56 Å². The highest BCUT2D eigenvalue weighted by Gasteiger charge is 2.04. The lowest BCUT2D eigenvalue weighted by molar-refractivity contribution is 0.628. The number of fused-ring (bicyclic) bond motifs is 1. The predicted octanol–water partition coefficient (Wildman–Crippen LogP) is 2.24. The minimum atomic E-state index is -0.276. The van der Waals surface area contributed by atoms with Gasteiger partial charge in [0.05, 0.1) is 5.69 Å². The van der Waals surface area contributed by atoms with Crippen LogP contribution < -0.4 is 0 Å². The van der Waals surface area contributed by atoms with Gasteiger partial charge in [0.1, 0.15) is 18.0 Å². The molecule has 3 aromatic rings. The quantitative estimate of drug-likeness (QED) is 0.641. The van der Waals surface area contributed by atoms with Gasteiger partial charge in [0.25, 0.3) is 0 Å². The Balaban J connectivity index is 2.17. The van der Waals surface area contributed by atoms with Gasteiger partial charge < -0.3 is 0 Å². The first kappa shape index (κ1) is 9.89. The van der Waals surface area contributed by atoms with Gasteiger partial charge >= 0.3 is 0 Å². The van der Waals surface area contributed by atoms with Crippen LogP contribution in [0.2, 0.25) is 0 Å². The Hall–Kier alpha value is -2.30. The lowest BCUT2D eigenvalue weighted by Gasteiger charge is -2.00. The van der Waals surface area contributed by atoms with Crippen molar-refractivity contribution in [2.24, 2.45) is 0 Å². The van der Waals surface area contributed by atoms with Crippen LogP contribution in [0.1, 0.15) is 5.82 Å². The zero-order chi connectivity index (χ0) is 11.8. The second kappa shape index (κ2) is 3.62. The third kappa shape index (κ3) is 1.75. The van der Waals surface area contributed by atoms with Crippen molar-refractivity contribution in [2.45, 2.75) is 6.92 Å². The molecule has 0 aliphatic carbocycles. The number of hydrogen-bond donors (Lipinski definition) is 0. The summed E-state index contributed by atoms with van der Waals surface area (Å²) in [5, 5.41) is 4.13. The summed E-state index contributed by atoms with van der Waals surface area (Å²) < 4.78 is 14.7. The number of rotatable bonds is 1. The Morgan fingerprint density at radius 3 is 2.94 bits per heavy atom. The maximum atomic E-state index is 13.1. The van der Waals surface area contributed by atoms with Crippen molar-refractivity contribution in [3.8, 4) is 11.3 Å². The molecule has 0 N–H and O–H groups in total. The van der Waals surface area contributed by atoms with Gasteiger partial charge in [-0.15, -0.1) is 0 Å². The molecule has 17 heavy (non-hydrogen) atoms. The lowest BCUT2D eigenvalue weighted by atomic mass is 10.1. The first-order valence-electron chi connectivity index (χ1n) is 5.17. The van der Waals surface area contributed by atoms with E-state index >= 15 is 0 Å². The molecule has 0 radical (unpaired) electrons. The smallest absolute Gasteiger partial charge is 0.159 e. The normalized spacial score (nSPS) is 10.9. The van der Waals surface area contributed by atoms with Crippen LogP contribution in [-0.4, -0.2) is 19.6 Å². The molecule has 0 aliphatic rings. The highest BCUT2D eigenvalue weighted by molar-refractivity contribution is 5.62. The van der Waals surface area contributed by atoms with Gasteiger partial charge in [-0.2, -0.15) is 5.10 Å². The van der Waals surface area contributed by atoms with Crippen molar-refractivity contribution < 1.29 is 4.39 Å². The molecule has 0 bridgehead atoms. The first-order chi connectivity index (χ1) is 8.22. The molecule has 0 fully saturated rings. The Kier molecular flexibility index (Phi) is 2.11. The summed E-state index contributed by atoms with van der Waals surface area (Å²) in [6.07, 6.45) is 1.58. The second-order valence-corrected chi connectivity index (χ2v) is 3.75. The molecule has 84 valence electrons. The van der Waals surface area contributed by atoms with E-state index in [2.05, 4.69) is 15.1 Å². The predicted molar refractivity (Wildman–Crippen MR) is 60.9 cm³/mol. The zero-order valence-corrected chi connectivity index (χ0v) is 9.13. The molecule has 4 nitrogen and oxygen atoms in total. The number of benzene rings is 1. The Labute approximate surface area is 96.8 Å². The third-order valence-electron chi connectivity index (χ3n) is 2.46. The lowest BCUT2D eigenvalue weighted by Crippen LogP contribution is -1.92. The topological polar surface area (TPSA) is 43.1 Å². The zero-order valence-electron chi connectivity index (χ0n) is 9.13. The molecule has 0 saturated heterocycles. The molecule has 1 aromatic carbocycles. The van der Waals surface area contributed by atoms with Crippen molar-refractivity contribution in [2.75, 3.05) is 0 Å². The number of aryl methyl sites for hydroxylation is 1. The first-order valence-corrected chi connectivity index (χ1v) is 5.17. The Morgan fingerprint density at radius 2 is 2.12 bits per heavy atom. The largest absolute Gasteiger partial charge is 0.236 e. The molecule has 5 heteroatoms. The van der Waals surface area contributed by atoms with Gasteiger partial charge in [-0.25, -0.2) is 18.9 Å². The molecule has 2 heterocycles. The molecule has 0 aliphatic heterocycles. The van der Waals surface area contributed by atoms with E-state index in [1.54, 1.807) is 23.0 Å². The Morgan fingerprint density at radius 1 is 1.24 bits per heavy atom. The number of halogens is 1. The standard InChI is InChI=1S/C12H9FN4/c1-8-15-12-6-11(14-7-17(12)16-8)9-3-2-4-10(13)5-9/h2-7H,1H3. The van der Waals surface area contributed by atoms with E-state index in [-0.39, 0.29) is 5.82 Å². The van der Waals surface area contributed by atoms with Crippen LogP contribution in [-0.2, 0) is 0 Å². The van der Waals surface area contributed by atoms with Crippen LogP contribution in [0.3, 0.4) is 0 Å². The van der Waals surface area contributed by atoms with E-state index in [4.69, 9.17) is 0 Å². The van der Waals surface area contributed by atoms with E-state index in [9.17, 15) is 4.39 Å². The van der Waals surface area contributed by atoms with Gasteiger partial charge in [0.2, 0.25) is 0 Å². The third-order valence-corrected chi connectivity index (χ3v) is 2.46. The van der Waals surface area contributed by atoms with Gasteiger partial charge in [-0.1, -0.05) is 12.1 Å². The van der Waals surface area contributed by atoms with Crippen molar-refractivity contribution in [3.63, 3.8) is 0 Å². The Bertz CT molecular complexity index is 690. The van der Waals surface area contributed by atoms with Crippen LogP contribution in [0.25, 0.3) is 16.9 Å². The second-order valence-electron chi connectivity index (χ2n) is 3.75. The summed E-state index contributed by atoms with van der Waals surface area (Å²) in [6, 6.07) is 8.11. The molecule has 0 saturated carbocycles. The fourth-order valence-electron chi connectivity index (χ4n) is 1.71. The molecular formula is C12H9FN4. The maximum Gasteiger partial charge on any atom is 0.159 e. The van der Waals surface area contributed by atoms with E-state index in [1.165, 1.54) is 12.1 Å². The molecule has 2 aromatic heterocycles. The minimum Gasteiger partial charge on any atom is -0.236 e. The molecule has 0 unspecified atom stereocenters. The average molecular weight is 228 g/mol. The van der Waals surface area contributed by atoms with Gasteiger partial charge in [-0.3, -0.25) is 0 Å². The van der Waals surface area contributed by atoms with Crippen LogP contribution >= 0.6 is 0 Å².